The SMILES string of the molecule is CCN(C(=O)Cn1c(-c2ncccn2)noc1=O)C1CC1. The van der Waals surface area contributed by atoms with Gasteiger partial charge in [0.25, 0.3) is 0 Å². The molecule has 21 heavy (non-hydrogen) atoms. The molecule has 0 N–H and O–H groups in total. The number of likely N-dealkylation sites (N-methyl/N-ethyl adjacent to an activating group) is 1. The Kier molecular flexibility index (Phi) is 3.51. The molecule has 1 aliphatic rings. The van der Waals surface area contributed by atoms with Crippen molar-refractivity contribution >= 4 is 5.91 Å². The standard InChI is InChI=1S/C13H15N5O3/c1-2-17(9-4-5-9)10(19)8-18-12(16-21-13(18)20)11-14-6-3-7-15-11/h3,6-7,9H,2,4-5,8H2,1H3. The molecule has 0 bridgehead atoms. The Morgan fingerprint density at radius 2 is 2.14 bits per heavy atom. The van der Waals surface area contributed by atoms with E-state index in [4.69, 9.17) is 0 Å². The number of amides is 1. The molecule has 0 spiro atoms. The van der Waals surface area contributed by atoms with Crippen molar-refractivity contribution in [3.8, 4) is 11.6 Å². The maximum atomic E-state index is 12.3. The molecular weight excluding hydrogens is 274 g/mol. The molecule has 2 aromatic rings. The molecule has 1 fully saturated rings. The molecule has 110 valence electrons. The molecule has 2 aromatic heterocycles. The second-order valence-corrected chi connectivity index (χ2v) is 4.84. The fraction of sp³-hybridized carbons (Fsp3) is 0.462. The molecule has 0 unspecified atom stereocenters. The molecule has 1 aliphatic carbocycles. The van der Waals surface area contributed by atoms with Crippen molar-refractivity contribution in [1.82, 2.24) is 24.6 Å². The third kappa shape index (κ3) is 2.69. The number of rotatable bonds is 5. The van der Waals surface area contributed by atoms with E-state index >= 15 is 0 Å². The van der Waals surface area contributed by atoms with Crippen LogP contribution in [-0.4, -0.2) is 43.1 Å². The Balaban J connectivity index is 1.87. The van der Waals surface area contributed by atoms with E-state index in [2.05, 4.69) is 19.6 Å². The predicted molar refractivity (Wildman–Crippen MR) is 72.2 cm³/mol. The molecule has 0 saturated heterocycles. The third-order valence-corrected chi connectivity index (χ3v) is 3.39. The fourth-order valence-corrected chi connectivity index (χ4v) is 2.23. The molecule has 1 amide bonds. The lowest BCUT2D eigenvalue weighted by Crippen LogP contribution is -2.37. The largest absolute Gasteiger partial charge is 0.442 e. The van der Waals surface area contributed by atoms with E-state index in [1.165, 1.54) is 17.0 Å². The Hall–Kier alpha value is -2.51. The molecule has 0 aromatic carbocycles. The number of nitrogens with zero attached hydrogens (tertiary/aromatic N) is 5. The van der Waals surface area contributed by atoms with Gasteiger partial charge in [0.2, 0.25) is 11.7 Å². The van der Waals surface area contributed by atoms with Crippen molar-refractivity contribution < 1.29 is 9.32 Å². The topological polar surface area (TPSA) is 94.1 Å². The highest BCUT2D eigenvalue weighted by atomic mass is 16.5. The zero-order valence-corrected chi connectivity index (χ0v) is 11.6. The lowest BCUT2D eigenvalue weighted by Gasteiger charge is -2.20. The van der Waals surface area contributed by atoms with Crippen LogP contribution in [0.25, 0.3) is 11.6 Å². The van der Waals surface area contributed by atoms with Gasteiger partial charge in [0.05, 0.1) is 0 Å². The van der Waals surface area contributed by atoms with E-state index < -0.39 is 5.76 Å². The van der Waals surface area contributed by atoms with Crippen LogP contribution in [0.3, 0.4) is 0 Å². The normalized spacial score (nSPS) is 14.1. The first-order chi connectivity index (χ1) is 10.2. The Morgan fingerprint density at radius 3 is 2.76 bits per heavy atom. The first-order valence-electron chi connectivity index (χ1n) is 6.84. The summed E-state index contributed by atoms with van der Waals surface area (Å²) in [7, 11) is 0. The van der Waals surface area contributed by atoms with Gasteiger partial charge in [0, 0.05) is 25.0 Å². The van der Waals surface area contributed by atoms with Gasteiger partial charge in [-0.25, -0.2) is 19.3 Å². The van der Waals surface area contributed by atoms with Gasteiger partial charge < -0.3 is 4.90 Å². The second-order valence-electron chi connectivity index (χ2n) is 4.84. The number of carbonyl (C=O) groups excluding carboxylic acids is 1. The van der Waals surface area contributed by atoms with Gasteiger partial charge >= 0.3 is 5.76 Å². The third-order valence-electron chi connectivity index (χ3n) is 3.39. The van der Waals surface area contributed by atoms with E-state index in [9.17, 15) is 9.59 Å². The van der Waals surface area contributed by atoms with E-state index in [0.29, 0.717) is 12.6 Å². The van der Waals surface area contributed by atoms with E-state index in [-0.39, 0.29) is 24.1 Å². The molecule has 1 saturated carbocycles. The minimum atomic E-state index is -0.683. The number of hydrogen-bond donors (Lipinski definition) is 0. The molecule has 8 heteroatoms. The van der Waals surface area contributed by atoms with Gasteiger partial charge in [-0.15, -0.1) is 0 Å². The smallest absolute Gasteiger partial charge is 0.338 e. The zero-order chi connectivity index (χ0) is 14.8. The highest BCUT2D eigenvalue weighted by molar-refractivity contribution is 5.77. The van der Waals surface area contributed by atoms with Crippen LogP contribution < -0.4 is 5.76 Å². The van der Waals surface area contributed by atoms with Crippen molar-refractivity contribution in [3.63, 3.8) is 0 Å². The summed E-state index contributed by atoms with van der Waals surface area (Å²) in [6.07, 6.45) is 5.12. The molecule has 8 nitrogen and oxygen atoms in total. The summed E-state index contributed by atoms with van der Waals surface area (Å²) in [6.45, 7) is 2.44. The Labute approximate surface area is 120 Å². The van der Waals surface area contributed by atoms with Crippen LogP contribution in [0.5, 0.6) is 0 Å². The van der Waals surface area contributed by atoms with Gasteiger partial charge in [-0.1, -0.05) is 5.16 Å². The molecular formula is C13H15N5O3. The lowest BCUT2D eigenvalue weighted by molar-refractivity contribution is -0.132. The van der Waals surface area contributed by atoms with Crippen LogP contribution in [0.4, 0.5) is 0 Å². The monoisotopic (exact) mass is 289 g/mol. The maximum absolute atomic E-state index is 12.3. The second kappa shape index (κ2) is 5.47. The minimum Gasteiger partial charge on any atom is -0.338 e. The minimum absolute atomic E-state index is 0.111. The first-order valence-corrected chi connectivity index (χ1v) is 6.84. The van der Waals surface area contributed by atoms with E-state index in [0.717, 1.165) is 12.8 Å². The van der Waals surface area contributed by atoms with Crippen LogP contribution in [0.15, 0.2) is 27.8 Å². The number of hydrogen-bond acceptors (Lipinski definition) is 6. The van der Waals surface area contributed by atoms with Crippen LogP contribution in [-0.2, 0) is 11.3 Å². The highest BCUT2D eigenvalue weighted by Crippen LogP contribution is 2.26. The Bertz CT molecular complexity index is 689. The number of carbonyl (C=O) groups is 1. The van der Waals surface area contributed by atoms with Crippen LogP contribution in [0.2, 0.25) is 0 Å². The molecule has 3 rings (SSSR count). The van der Waals surface area contributed by atoms with Crippen molar-refractivity contribution in [2.24, 2.45) is 0 Å². The van der Waals surface area contributed by atoms with E-state index in [1.807, 2.05) is 6.92 Å². The Morgan fingerprint density at radius 1 is 1.43 bits per heavy atom. The van der Waals surface area contributed by atoms with Crippen molar-refractivity contribution in [1.29, 1.82) is 0 Å². The van der Waals surface area contributed by atoms with Crippen LogP contribution in [0.1, 0.15) is 19.8 Å². The summed E-state index contributed by atoms with van der Waals surface area (Å²) in [4.78, 5) is 33.9. The summed E-state index contributed by atoms with van der Waals surface area (Å²) in [5, 5.41) is 3.66. The van der Waals surface area contributed by atoms with Crippen molar-refractivity contribution in [3.05, 3.63) is 29.0 Å². The fourth-order valence-electron chi connectivity index (χ4n) is 2.23. The van der Waals surface area contributed by atoms with Crippen molar-refractivity contribution in [2.75, 3.05) is 6.54 Å². The maximum Gasteiger partial charge on any atom is 0.442 e. The van der Waals surface area contributed by atoms with Gasteiger partial charge in [-0.2, -0.15) is 0 Å². The van der Waals surface area contributed by atoms with Crippen LogP contribution >= 0.6 is 0 Å². The molecule has 0 radical (unpaired) electrons. The first kappa shape index (κ1) is 13.5. The van der Waals surface area contributed by atoms with Crippen molar-refractivity contribution in [2.45, 2.75) is 32.4 Å². The van der Waals surface area contributed by atoms with Crippen LogP contribution in [0, 0.1) is 0 Å². The lowest BCUT2D eigenvalue weighted by atomic mass is 10.4. The van der Waals surface area contributed by atoms with Gasteiger partial charge in [0.1, 0.15) is 6.54 Å². The average molecular weight is 289 g/mol. The summed E-state index contributed by atoms with van der Waals surface area (Å²) < 4.78 is 5.82. The average Bonchev–Trinajstić information content (AvgIpc) is 3.26. The molecule has 0 aliphatic heterocycles. The van der Waals surface area contributed by atoms with Gasteiger partial charge in [-0.05, 0) is 25.8 Å². The van der Waals surface area contributed by atoms with Gasteiger partial charge in [0.15, 0.2) is 5.82 Å². The summed E-state index contributed by atoms with van der Waals surface area (Å²) in [6, 6.07) is 1.96. The molecule has 2 heterocycles. The van der Waals surface area contributed by atoms with E-state index in [1.54, 1.807) is 11.0 Å². The predicted octanol–water partition coefficient (Wildman–Crippen LogP) is 0.304. The summed E-state index contributed by atoms with van der Waals surface area (Å²) in [5.74, 6) is -0.383. The highest BCUT2D eigenvalue weighted by Gasteiger charge is 2.32. The summed E-state index contributed by atoms with van der Waals surface area (Å²) in [5.41, 5.74) is 0. The number of aromatic nitrogens is 4. The van der Waals surface area contributed by atoms with Gasteiger partial charge in [-0.3, -0.25) is 9.32 Å². The zero-order valence-electron chi connectivity index (χ0n) is 11.6. The molecule has 0 atom stereocenters. The quantitative estimate of drug-likeness (QED) is 0.786. The summed E-state index contributed by atoms with van der Waals surface area (Å²) >= 11 is 0.